The maximum Gasteiger partial charge on any atom is 0.303 e. The maximum absolute atomic E-state index is 14.1. The van der Waals surface area contributed by atoms with Crippen LogP contribution in [0.5, 0.6) is 5.75 Å². The quantitative estimate of drug-likeness (QED) is 0.0436. The highest BCUT2D eigenvalue weighted by Crippen LogP contribution is 2.22. The molecule has 0 radical (unpaired) electrons. The molecule has 9 N–H and O–H groups in total. The van der Waals surface area contributed by atoms with Crippen LogP contribution in [-0.4, -0.2) is 150 Å². The van der Waals surface area contributed by atoms with Crippen molar-refractivity contribution in [2.45, 2.75) is 159 Å². The predicted molar refractivity (Wildman–Crippen MR) is 241 cm³/mol. The van der Waals surface area contributed by atoms with E-state index in [1.807, 2.05) is 6.92 Å². The number of β-amino-alcohol motifs (C(OH)–C–C–N with tert-alkyl or cyclic N) is 1. The molecule has 2 rings (SSSR count). The van der Waals surface area contributed by atoms with Crippen LogP contribution in [0.4, 0.5) is 0 Å². The standard InChI is InChI=1S/C46H76N6O13/c1-3-4-17-36(43(60)47-2)50-45(62)39-29-35(55)30-52(39)46(63)37(28-33-20-22-34(54)23-21-33)51-44(61)38(31-53)49-41(57)32-65-27-26-64-25-24-48-40(56)18-15-13-11-9-7-5-6-8-10-12-14-16-19-42(58)59/h20-23,35-39,53-55H,3-19,24-32H2,1-2H3,(H,47,60)(H,48,56)(H,49,57)(H,50,62)(H,51,61)(H,58,59)/t35-,36+,37+,38+,39+/m1/s1. The molecular weight excluding hydrogens is 845 g/mol. The number of carboxylic acid groups (broad SMARTS) is 1. The Bertz CT molecular complexity index is 1580. The second-order valence-corrected chi connectivity index (χ2v) is 16.6. The Labute approximate surface area is 383 Å². The first-order valence-corrected chi connectivity index (χ1v) is 23.4. The van der Waals surface area contributed by atoms with Gasteiger partial charge in [0, 0.05) is 45.8 Å². The molecule has 19 heteroatoms. The number of rotatable bonds is 36. The number of hydrogen-bond donors (Lipinski definition) is 9. The molecule has 368 valence electrons. The van der Waals surface area contributed by atoms with Crippen molar-refractivity contribution in [1.29, 1.82) is 0 Å². The average Bonchev–Trinajstić information content (AvgIpc) is 3.69. The molecule has 0 bridgehead atoms. The Kier molecular flexibility index (Phi) is 29.1. The van der Waals surface area contributed by atoms with Gasteiger partial charge in [-0.05, 0) is 37.0 Å². The highest BCUT2D eigenvalue weighted by atomic mass is 16.5. The summed E-state index contributed by atoms with van der Waals surface area (Å²) in [6.45, 7) is 1.18. The zero-order valence-electron chi connectivity index (χ0n) is 38.5. The van der Waals surface area contributed by atoms with E-state index in [0.29, 0.717) is 31.4 Å². The van der Waals surface area contributed by atoms with Crippen molar-refractivity contribution in [1.82, 2.24) is 31.5 Å². The Balaban J connectivity index is 1.73. The van der Waals surface area contributed by atoms with Gasteiger partial charge < -0.3 is 61.4 Å². The first kappa shape index (κ1) is 56.3. The van der Waals surface area contributed by atoms with Crippen LogP contribution in [0.3, 0.4) is 0 Å². The first-order chi connectivity index (χ1) is 31.3. The average molecular weight is 921 g/mol. The lowest BCUT2D eigenvalue weighted by Crippen LogP contribution is -2.59. The second kappa shape index (κ2) is 33.6. The lowest BCUT2D eigenvalue weighted by atomic mass is 10.0. The molecular formula is C46H76N6O13. The fourth-order valence-electron chi connectivity index (χ4n) is 7.46. The van der Waals surface area contributed by atoms with Crippen molar-refractivity contribution >= 4 is 41.4 Å². The lowest BCUT2D eigenvalue weighted by Gasteiger charge is -2.30. The number of benzene rings is 1. The first-order valence-electron chi connectivity index (χ1n) is 23.4. The molecule has 19 nitrogen and oxygen atoms in total. The number of nitrogens with zero attached hydrogens (tertiary/aromatic N) is 1. The summed E-state index contributed by atoms with van der Waals surface area (Å²) in [5, 5.41) is 52.1. The highest BCUT2D eigenvalue weighted by Gasteiger charge is 2.42. The number of phenols is 1. The molecule has 0 saturated carbocycles. The largest absolute Gasteiger partial charge is 0.508 e. The van der Waals surface area contributed by atoms with Crippen LogP contribution < -0.4 is 26.6 Å². The number of hydrogen-bond acceptors (Lipinski definition) is 12. The number of unbranched alkanes of at least 4 members (excludes halogenated alkanes) is 12. The molecule has 5 atom stereocenters. The Hall–Kier alpha value is -4.85. The van der Waals surface area contributed by atoms with Crippen LogP contribution in [0.2, 0.25) is 0 Å². The summed E-state index contributed by atoms with van der Waals surface area (Å²) in [5.74, 6) is -4.17. The van der Waals surface area contributed by atoms with Crippen molar-refractivity contribution < 1.29 is 63.5 Å². The zero-order valence-corrected chi connectivity index (χ0v) is 38.5. The van der Waals surface area contributed by atoms with Crippen LogP contribution in [0.1, 0.15) is 128 Å². The highest BCUT2D eigenvalue weighted by molar-refractivity contribution is 5.96. The van der Waals surface area contributed by atoms with Gasteiger partial charge in [0.15, 0.2) is 0 Å². The van der Waals surface area contributed by atoms with E-state index < -0.39 is 79.0 Å². The van der Waals surface area contributed by atoms with Gasteiger partial charge in [0.1, 0.15) is 36.5 Å². The summed E-state index contributed by atoms with van der Waals surface area (Å²) >= 11 is 0. The van der Waals surface area contributed by atoms with E-state index in [-0.39, 0.29) is 57.3 Å². The minimum atomic E-state index is -1.48. The topological polar surface area (TPSA) is 282 Å². The smallest absolute Gasteiger partial charge is 0.303 e. The van der Waals surface area contributed by atoms with E-state index in [4.69, 9.17) is 14.6 Å². The molecule has 0 unspecified atom stereocenters. The van der Waals surface area contributed by atoms with Gasteiger partial charge in [0.25, 0.3) is 0 Å². The lowest BCUT2D eigenvalue weighted by molar-refractivity contribution is -0.142. The fourth-order valence-corrected chi connectivity index (χ4v) is 7.46. The summed E-state index contributed by atoms with van der Waals surface area (Å²) in [5.41, 5.74) is 0.532. The number of amides is 6. The molecule has 1 aliphatic rings. The molecule has 0 spiro atoms. The summed E-state index contributed by atoms with van der Waals surface area (Å²) in [6, 6.07) is 1.07. The number of aliphatic carboxylic acids is 1. The number of carboxylic acids is 1. The Morgan fingerprint density at radius 3 is 1.91 bits per heavy atom. The van der Waals surface area contributed by atoms with Crippen molar-refractivity contribution in [3.05, 3.63) is 29.8 Å². The molecule has 0 aromatic heterocycles. The van der Waals surface area contributed by atoms with Crippen molar-refractivity contribution in [3.8, 4) is 5.75 Å². The van der Waals surface area contributed by atoms with E-state index in [1.54, 1.807) is 12.1 Å². The van der Waals surface area contributed by atoms with Gasteiger partial charge >= 0.3 is 5.97 Å². The van der Waals surface area contributed by atoms with Crippen LogP contribution in [0, 0.1) is 0 Å². The SMILES string of the molecule is CCCC[C@H](NC(=O)[C@@H]1C[C@@H](O)CN1C(=O)[C@H](Cc1ccc(O)cc1)NC(=O)[C@H](CO)NC(=O)COCCOCCNC(=O)CCCCCCCCCCCCCCC(=O)O)C(=O)NC. The number of phenolic OH excluding ortho intramolecular Hbond substituents is 1. The van der Waals surface area contributed by atoms with E-state index in [2.05, 4.69) is 26.6 Å². The minimum absolute atomic E-state index is 0.0260. The Morgan fingerprint density at radius 1 is 0.723 bits per heavy atom. The summed E-state index contributed by atoms with van der Waals surface area (Å²) < 4.78 is 10.8. The van der Waals surface area contributed by atoms with E-state index >= 15 is 0 Å². The number of likely N-dealkylation sites (N-methyl/N-ethyl adjacent to an activating group) is 1. The number of carbonyl (C=O) groups excluding carboxylic acids is 6. The molecule has 1 heterocycles. The molecule has 1 aliphatic heterocycles. The molecule has 1 aromatic rings. The van der Waals surface area contributed by atoms with Crippen molar-refractivity contribution in [3.63, 3.8) is 0 Å². The number of aliphatic hydroxyl groups excluding tert-OH is 2. The molecule has 0 aliphatic carbocycles. The zero-order chi connectivity index (χ0) is 47.8. The molecule has 1 fully saturated rings. The normalized spacial score (nSPS) is 16.0. The molecule has 1 aromatic carbocycles. The third-order valence-electron chi connectivity index (χ3n) is 11.1. The van der Waals surface area contributed by atoms with Gasteiger partial charge in [-0.25, -0.2) is 0 Å². The fraction of sp³-hybridized carbons (Fsp3) is 0.717. The predicted octanol–water partition coefficient (Wildman–Crippen LogP) is 1.97. The van der Waals surface area contributed by atoms with Gasteiger partial charge in [0.2, 0.25) is 35.4 Å². The molecule has 1 saturated heterocycles. The number of nitrogens with one attached hydrogen (secondary N) is 5. The van der Waals surface area contributed by atoms with Gasteiger partial charge in [-0.3, -0.25) is 33.6 Å². The third kappa shape index (κ3) is 24.3. The number of aliphatic hydroxyl groups is 2. The number of aromatic hydroxyl groups is 1. The van der Waals surface area contributed by atoms with Crippen LogP contribution >= 0.6 is 0 Å². The van der Waals surface area contributed by atoms with Gasteiger partial charge in [-0.15, -0.1) is 0 Å². The monoisotopic (exact) mass is 921 g/mol. The second-order valence-electron chi connectivity index (χ2n) is 16.6. The van der Waals surface area contributed by atoms with Gasteiger partial charge in [-0.1, -0.05) is 96.1 Å². The molecule has 6 amide bonds. The Morgan fingerprint density at radius 2 is 1.32 bits per heavy atom. The molecule has 65 heavy (non-hydrogen) atoms. The summed E-state index contributed by atoms with van der Waals surface area (Å²) in [7, 11) is 1.45. The van der Waals surface area contributed by atoms with Crippen LogP contribution in [0.15, 0.2) is 24.3 Å². The summed E-state index contributed by atoms with van der Waals surface area (Å²) in [6.07, 6.45) is 14.1. The van der Waals surface area contributed by atoms with E-state index in [1.165, 1.54) is 44.9 Å². The van der Waals surface area contributed by atoms with Gasteiger partial charge in [0.05, 0.1) is 32.5 Å². The van der Waals surface area contributed by atoms with E-state index in [9.17, 15) is 48.9 Å². The van der Waals surface area contributed by atoms with Crippen molar-refractivity contribution in [2.24, 2.45) is 0 Å². The van der Waals surface area contributed by atoms with Crippen molar-refractivity contribution in [2.75, 3.05) is 53.2 Å². The maximum atomic E-state index is 14.1. The van der Waals surface area contributed by atoms with Crippen LogP contribution in [-0.2, 0) is 49.5 Å². The summed E-state index contributed by atoms with van der Waals surface area (Å²) in [4.78, 5) is 90.1. The number of likely N-dealkylation sites (tertiary alicyclic amines) is 1. The number of ether oxygens (including phenoxy) is 2. The van der Waals surface area contributed by atoms with E-state index in [0.717, 1.165) is 62.7 Å². The minimum Gasteiger partial charge on any atom is -0.508 e. The number of carbonyl (C=O) groups is 7. The van der Waals surface area contributed by atoms with Crippen LogP contribution in [0.25, 0.3) is 0 Å². The van der Waals surface area contributed by atoms with Gasteiger partial charge in [-0.2, -0.15) is 0 Å². The third-order valence-corrected chi connectivity index (χ3v) is 11.1.